The number of hydrogen-bond acceptors (Lipinski definition) is 6. The third-order valence-corrected chi connectivity index (χ3v) is 8.43. The Morgan fingerprint density at radius 1 is 1.09 bits per heavy atom. The van der Waals surface area contributed by atoms with Crippen LogP contribution in [0.5, 0.6) is 0 Å². The largest absolute Gasteiger partial charge is 0.364 e. The molecule has 2 N–H and O–H groups in total. The smallest absolute Gasteiger partial charge is 0.232 e. The van der Waals surface area contributed by atoms with E-state index in [-0.39, 0.29) is 23.4 Å². The van der Waals surface area contributed by atoms with Crippen molar-refractivity contribution in [1.82, 2.24) is 24.9 Å². The molecule has 2 bridgehead atoms. The number of nitrogens with zero attached hydrogens (tertiary/aromatic N) is 4. The van der Waals surface area contributed by atoms with Crippen molar-refractivity contribution in [3.8, 4) is 22.0 Å². The average Bonchev–Trinajstić information content (AvgIpc) is 3.43. The molecule has 3 aliphatic carbocycles. The molecule has 6 nitrogen and oxygen atoms in total. The quantitative estimate of drug-likeness (QED) is 0.353. The molecule has 0 spiro atoms. The Morgan fingerprint density at radius 3 is 2.61 bits per heavy atom. The number of H-pyrrole nitrogens is 1. The summed E-state index contributed by atoms with van der Waals surface area (Å²) in [5.74, 6) is 0.766. The van der Waals surface area contributed by atoms with Crippen LogP contribution in [0, 0.1) is 29.5 Å². The van der Waals surface area contributed by atoms with Gasteiger partial charge in [0.2, 0.25) is 5.95 Å². The van der Waals surface area contributed by atoms with Crippen molar-refractivity contribution in [2.24, 2.45) is 17.8 Å². The minimum absolute atomic E-state index is 0.148. The van der Waals surface area contributed by atoms with Gasteiger partial charge in [0.05, 0.1) is 21.0 Å². The zero-order valence-electron chi connectivity index (χ0n) is 17.8. The zero-order chi connectivity index (χ0) is 22.7. The zero-order valence-corrected chi connectivity index (χ0v) is 19.4. The second-order valence-corrected chi connectivity index (χ2v) is 10.7. The molecule has 7 rings (SSSR count). The lowest BCUT2D eigenvalue weighted by molar-refractivity contribution is 0.0926. The number of anilines is 1. The van der Waals surface area contributed by atoms with Crippen molar-refractivity contribution in [2.45, 2.75) is 38.6 Å². The molecule has 33 heavy (non-hydrogen) atoms. The lowest BCUT2D eigenvalue weighted by Gasteiger charge is -2.47. The fourth-order valence-electron chi connectivity index (χ4n) is 5.47. The standard InChI is InChI=1S/C23H21ClF2N6S/c1-10-11-2-4-12(5-3-11)18(10)30-22-17(26)20(14-6-7-15(24)33-14)31-21(32-22)13-8-27-23-19(13)29-16(25)9-28-23/h6-12,18H,2-5H2,1H3,(H,27,28)(H,30,31,32)/t10-,11?,12?,18+/m0/s1. The molecule has 4 aromatic rings. The molecule has 0 saturated heterocycles. The number of aromatic amines is 1. The maximum absolute atomic E-state index is 15.8. The van der Waals surface area contributed by atoms with Gasteiger partial charge in [-0.15, -0.1) is 11.3 Å². The number of fused-ring (bicyclic) bond motifs is 4. The van der Waals surface area contributed by atoms with Gasteiger partial charge in [-0.2, -0.15) is 4.39 Å². The van der Waals surface area contributed by atoms with Crippen molar-refractivity contribution >= 4 is 39.9 Å². The monoisotopic (exact) mass is 486 g/mol. The molecular weight excluding hydrogens is 466 g/mol. The summed E-state index contributed by atoms with van der Waals surface area (Å²) in [7, 11) is 0. The van der Waals surface area contributed by atoms with Crippen LogP contribution < -0.4 is 5.32 Å². The van der Waals surface area contributed by atoms with Crippen molar-refractivity contribution in [3.63, 3.8) is 0 Å². The summed E-state index contributed by atoms with van der Waals surface area (Å²) in [6.45, 7) is 2.24. The van der Waals surface area contributed by atoms with Crippen molar-refractivity contribution < 1.29 is 8.78 Å². The third kappa shape index (κ3) is 3.58. The molecule has 3 fully saturated rings. The summed E-state index contributed by atoms with van der Waals surface area (Å²) in [5.41, 5.74) is 1.33. The predicted molar refractivity (Wildman–Crippen MR) is 125 cm³/mol. The van der Waals surface area contributed by atoms with Gasteiger partial charge in [0.15, 0.2) is 23.1 Å². The number of thiophene rings is 1. The van der Waals surface area contributed by atoms with Crippen LogP contribution in [0.4, 0.5) is 14.6 Å². The highest BCUT2D eigenvalue weighted by molar-refractivity contribution is 7.19. The average molecular weight is 487 g/mol. The van der Waals surface area contributed by atoms with Gasteiger partial charge in [-0.3, -0.25) is 0 Å². The van der Waals surface area contributed by atoms with Gasteiger partial charge in [-0.1, -0.05) is 18.5 Å². The molecule has 170 valence electrons. The molecule has 0 aliphatic heterocycles. The van der Waals surface area contributed by atoms with Gasteiger partial charge in [0, 0.05) is 12.2 Å². The Morgan fingerprint density at radius 2 is 1.88 bits per heavy atom. The molecule has 0 amide bonds. The van der Waals surface area contributed by atoms with E-state index >= 15 is 4.39 Å². The van der Waals surface area contributed by atoms with Crippen molar-refractivity contribution in [2.75, 3.05) is 5.32 Å². The Hall–Kier alpha value is -2.65. The molecule has 2 atom stereocenters. The van der Waals surface area contributed by atoms with Gasteiger partial charge >= 0.3 is 0 Å². The van der Waals surface area contributed by atoms with E-state index in [1.807, 2.05) is 0 Å². The van der Waals surface area contributed by atoms with Crippen molar-refractivity contribution in [1.29, 1.82) is 0 Å². The van der Waals surface area contributed by atoms with E-state index in [2.05, 4.69) is 37.2 Å². The van der Waals surface area contributed by atoms with Crippen LogP contribution in [-0.2, 0) is 0 Å². The molecule has 3 saturated carbocycles. The number of halogens is 3. The highest BCUT2D eigenvalue weighted by atomic mass is 35.5. The molecular formula is C23H21ClF2N6S. The summed E-state index contributed by atoms with van der Waals surface area (Å²) in [6.07, 6.45) is 7.44. The Balaban J connectivity index is 1.49. The molecule has 10 heteroatoms. The topological polar surface area (TPSA) is 79.4 Å². The van der Waals surface area contributed by atoms with Crippen molar-refractivity contribution in [3.05, 3.63) is 40.6 Å². The Labute approximate surface area is 197 Å². The summed E-state index contributed by atoms with van der Waals surface area (Å²) in [5, 5.41) is 3.43. The minimum Gasteiger partial charge on any atom is -0.364 e. The van der Waals surface area contributed by atoms with Crippen LogP contribution in [0.1, 0.15) is 32.6 Å². The Bertz CT molecular complexity index is 1340. The van der Waals surface area contributed by atoms with Gasteiger partial charge in [0.25, 0.3) is 0 Å². The minimum atomic E-state index is -0.707. The second kappa shape index (κ2) is 7.99. The molecule has 0 aromatic carbocycles. The van der Waals surface area contributed by atoms with Crippen LogP contribution in [0.25, 0.3) is 33.1 Å². The first kappa shape index (κ1) is 20.9. The number of nitrogens with one attached hydrogen (secondary N) is 2. The maximum Gasteiger partial charge on any atom is 0.232 e. The molecule has 4 heterocycles. The third-order valence-electron chi connectivity index (χ3n) is 7.19. The summed E-state index contributed by atoms with van der Waals surface area (Å²) < 4.78 is 30.1. The summed E-state index contributed by atoms with van der Waals surface area (Å²) in [6, 6.07) is 3.60. The van der Waals surface area contributed by atoms with Crippen LogP contribution in [0.15, 0.2) is 24.5 Å². The number of rotatable bonds is 4. The maximum atomic E-state index is 15.8. The van der Waals surface area contributed by atoms with E-state index in [1.54, 1.807) is 18.3 Å². The number of aromatic nitrogens is 5. The second-order valence-electron chi connectivity index (χ2n) is 8.96. The fraction of sp³-hybridized carbons (Fsp3) is 0.391. The highest BCUT2D eigenvalue weighted by Gasteiger charge is 2.41. The van der Waals surface area contributed by atoms with Crippen LogP contribution >= 0.6 is 22.9 Å². The fourth-order valence-corrected chi connectivity index (χ4v) is 6.49. The molecule has 4 aromatic heterocycles. The van der Waals surface area contributed by atoms with E-state index in [4.69, 9.17) is 11.6 Å². The van der Waals surface area contributed by atoms with Gasteiger partial charge in [0.1, 0.15) is 11.2 Å². The predicted octanol–water partition coefficient (Wildman–Crippen LogP) is 6.31. The molecule has 3 aliphatic rings. The van der Waals surface area contributed by atoms with E-state index in [0.29, 0.717) is 43.7 Å². The van der Waals surface area contributed by atoms with Gasteiger partial charge in [-0.05, 0) is 55.6 Å². The van der Waals surface area contributed by atoms with E-state index < -0.39 is 11.8 Å². The molecule has 0 unspecified atom stereocenters. The summed E-state index contributed by atoms with van der Waals surface area (Å²) in [4.78, 5) is 20.6. The van der Waals surface area contributed by atoms with Crippen LogP contribution in [0.3, 0.4) is 0 Å². The first-order chi connectivity index (χ1) is 16.0. The normalized spacial score (nSPS) is 24.5. The van der Waals surface area contributed by atoms with Gasteiger partial charge in [-0.25, -0.2) is 24.3 Å². The van der Waals surface area contributed by atoms with E-state index in [9.17, 15) is 4.39 Å². The first-order valence-corrected chi connectivity index (χ1v) is 12.3. The van der Waals surface area contributed by atoms with E-state index in [0.717, 1.165) is 19.0 Å². The van der Waals surface area contributed by atoms with Gasteiger partial charge < -0.3 is 10.3 Å². The van der Waals surface area contributed by atoms with Crippen LogP contribution in [-0.4, -0.2) is 31.0 Å². The first-order valence-electron chi connectivity index (χ1n) is 11.1. The lowest BCUT2D eigenvalue weighted by atomic mass is 9.62. The lowest BCUT2D eigenvalue weighted by Crippen LogP contribution is -2.47. The highest BCUT2D eigenvalue weighted by Crippen LogP contribution is 2.46. The number of hydrogen-bond donors (Lipinski definition) is 2. The SMILES string of the molecule is C[C@H]1C2CCC(CC2)[C@@H]1Nc1nc(-c2c[nH]c3ncc(F)nc23)nc(-c2ccc(Cl)s2)c1F. The van der Waals surface area contributed by atoms with Crippen LogP contribution in [0.2, 0.25) is 4.34 Å². The summed E-state index contributed by atoms with van der Waals surface area (Å²) >= 11 is 7.37. The molecule has 0 radical (unpaired) electrons. The Kier molecular flexibility index (Phi) is 5.06. The van der Waals surface area contributed by atoms with E-state index in [1.165, 1.54) is 24.2 Å².